The smallest absolute Gasteiger partial charge is 0.191 e. The van der Waals surface area contributed by atoms with Gasteiger partial charge in [0.15, 0.2) is 5.96 Å². The summed E-state index contributed by atoms with van der Waals surface area (Å²) in [6, 6.07) is 4.88. The van der Waals surface area contributed by atoms with Crippen LogP contribution in [0.1, 0.15) is 25.7 Å². The SMILES string of the molecule is CN=C(NCCCN1CCCN(C)CC1)NC1CCN(c2cccs2)CC1. The molecule has 6 nitrogen and oxygen atoms in total. The van der Waals surface area contributed by atoms with Crippen molar-refractivity contribution >= 4 is 22.3 Å². The third-order valence-corrected chi connectivity index (χ3v) is 6.56. The highest BCUT2D eigenvalue weighted by Crippen LogP contribution is 2.24. The lowest BCUT2D eigenvalue weighted by Crippen LogP contribution is -2.49. The quantitative estimate of drug-likeness (QED) is 0.440. The van der Waals surface area contributed by atoms with E-state index in [1.165, 1.54) is 63.4 Å². The van der Waals surface area contributed by atoms with Crippen LogP contribution in [0.25, 0.3) is 0 Å². The molecule has 0 amide bonds. The van der Waals surface area contributed by atoms with Crippen molar-refractivity contribution in [3.05, 3.63) is 17.5 Å². The van der Waals surface area contributed by atoms with E-state index in [9.17, 15) is 0 Å². The van der Waals surface area contributed by atoms with Gasteiger partial charge >= 0.3 is 0 Å². The fourth-order valence-electron chi connectivity index (χ4n) is 3.92. The monoisotopic (exact) mass is 392 g/mol. The van der Waals surface area contributed by atoms with Crippen molar-refractivity contribution in [2.75, 3.05) is 71.4 Å². The number of nitrogens with one attached hydrogen (secondary N) is 2. The number of nitrogens with zero attached hydrogens (tertiary/aromatic N) is 4. The van der Waals surface area contributed by atoms with Gasteiger partial charge < -0.3 is 25.3 Å². The van der Waals surface area contributed by atoms with Gasteiger partial charge in [0.05, 0.1) is 5.00 Å². The molecule has 152 valence electrons. The molecule has 2 fully saturated rings. The first kappa shape index (κ1) is 20.4. The van der Waals surface area contributed by atoms with Gasteiger partial charge in [0, 0.05) is 45.8 Å². The molecule has 0 aliphatic carbocycles. The molecule has 0 saturated carbocycles. The topological polar surface area (TPSA) is 46.1 Å². The second-order valence-corrected chi connectivity index (χ2v) is 8.63. The van der Waals surface area contributed by atoms with Gasteiger partial charge in [-0.1, -0.05) is 0 Å². The largest absolute Gasteiger partial charge is 0.363 e. The van der Waals surface area contributed by atoms with Gasteiger partial charge in [-0.3, -0.25) is 4.99 Å². The molecule has 0 spiro atoms. The molecule has 3 heterocycles. The number of hydrogen-bond donors (Lipinski definition) is 2. The Balaban J connectivity index is 1.30. The Morgan fingerprint density at radius 1 is 1.19 bits per heavy atom. The standard InChI is InChI=1S/C20H36N6S/c1-21-20(22-9-4-11-25-12-5-10-24(2)15-16-25)23-18-7-13-26(14-8-18)19-6-3-17-27-19/h3,6,17-18H,4-5,7-16H2,1-2H3,(H2,21,22,23). The summed E-state index contributed by atoms with van der Waals surface area (Å²) in [6.45, 7) is 9.28. The van der Waals surface area contributed by atoms with Crippen LogP contribution in [-0.2, 0) is 0 Å². The Morgan fingerprint density at radius 3 is 2.78 bits per heavy atom. The van der Waals surface area contributed by atoms with E-state index in [0.29, 0.717) is 6.04 Å². The van der Waals surface area contributed by atoms with Crippen molar-refractivity contribution in [3.63, 3.8) is 0 Å². The molecule has 0 radical (unpaired) electrons. The van der Waals surface area contributed by atoms with Crippen LogP contribution in [0.4, 0.5) is 5.00 Å². The van der Waals surface area contributed by atoms with Crippen LogP contribution in [0.15, 0.2) is 22.5 Å². The second-order valence-electron chi connectivity index (χ2n) is 7.71. The van der Waals surface area contributed by atoms with Crippen LogP contribution in [0.5, 0.6) is 0 Å². The van der Waals surface area contributed by atoms with Crippen LogP contribution < -0.4 is 15.5 Å². The summed E-state index contributed by atoms with van der Waals surface area (Å²) in [4.78, 5) is 12.0. The number of guanidine groups is 1. The van der Waals surface area contributed by atoms with E-state index in [0.717, 1.165) is 25.6 Å². The number of likely N-dealkylation sites (N-methyl/N-ethyl adjacent to an activating group) is 1. The zero-order valence-corrected chi connectivity index (χ0v) is 17.8. The van der Waals surface area contributed by atoms with E-state index in [4.69, 9.17) is 0 Å². The highest BCUT2D eigenvalue weighted by Gasteiger charge is 2.20. The summed E-state index contributed by atoms with van der Waals surface area (Å²) >= 11 is 1.84. The molecular weight excluding hydrogens is 356 g/mol. The Labute approximate surface area is 168 Å². The Hall–Kier alpha value is -1.31. The van der Waals surface area contributed by atoms with Gasteiger partial charge in [0.1, 0.15) is 0 Å². The normalized spacial score (nSPS) is 21.3. The summed E-state index contributed by atoms with van der Waals surface area (Å²) < 4.78 is 0. The highest BCUT2D eigenvalue weighted by atomic mass is 32.1. The molecular formula is C20H36N6S. The number of aliphatic imine (C=N–C) groups is 1. The van der Waals surface area contributed by atoms with E-state index < -0.39 is 0 Å². The van der Waals surface area contributed by atoms with Gasteiger partial charge in [0.2, 0.25) is 0 Å². The Kier molecular flexibility index (Phi) is 8.23. The molecule has 2 saturated heterocycles. The fourth-order valence-corrected chi connectivity index (χ4v) is 4.70. The Morgan fingerprint density at radius 2 is 2.04 bits per heavy atom. The lowest BCUT2D eigenvalue weighted by Gasteiger charge is -2.33. The summed E-state index contributed by atoms with van der Waals surface area (Å²) in [6.07, 6.45) is 4.79. The van der Waals surface area contributed by atoms with Crippen molar-refractivity contribution in [2.24, 2.45) is 4.99 Å². The molecule has 1 aromatic rings. The predicted octanol–water partition coefficient (Wildman–Crippen LogP) is 1.91. The van der Waals surface area contributed by atoms with E-state index >= 15 is 0 Å². The lowest BCUT2D eigenvalue weighted by atomic mass is 10.1. The minimum Gasteiger partial charge on any atom is -0.363 e. The van der Waals surface area contributed by atoms with Crippen molar-refractivity contribution < 1.29 is 0 Å². The van der Waals surface area contributed by atoms with Crippen molar-refractivity contribution in [1.82, 2.24) is 20.4 Å². The first-order chi connectivity index (χ1) is 13.2. The zero-order chi connectivity index (χ0) is 18.9. The first-order valence-corrected chi connectivity index (χ1v) is 11.3. The molecule has 2 aliphatic heterocycles. The minimum absolute atomic E-state index is 0.522. The second kappa shape index (κ2) is 10.9. The van der Waals surface area contributed by atoms with E-state index in [1.54, 1.807) is 0 Å². The molecule has 0 aromatic carbocycles. The molecule has 0 bridgehead atoms. The molecule has 2 aliphatic rings. The third kappa shape index (κ3) is 6.66. The molecule has 1 aromatic heterocycles. The molecule has 3 rings (SSSR count). The van der Waals surface area contributed by atoms with Gasteiger partial charge in [-0.05, 0) is 69.9 Å². The van der Waals surface area contributed by atoms with Crippen molar-refractivity contribution in [1.29, 1.82) is 0 Å². The molecule has 2 N–H and O–H groups in total. The van der Waals surface area contributed by atoms with E-state index in [-0.39, 0.29) is 0 Å². The maximum atomic E-state index is 4.42. The third-order valence-electron chi connectivity index (χ3n) is 5.63. The van der Waals surface area contributed by atoms with Crippen LogP contribution in [0, 0.1) is 0 Å². The fraction of sp³-hybridized carbons (Fsp3) is 0.750. The van der Waals surface area contributed by atoms with Crippen LogP contribution in [0.2, 0.25) is 0 Å². The average molecular weight is 393 g/mol. The number of rotatable bonds is 6. The average Bonchev–Trinajstić information content (AvgIpc) is 3.15. The summed E-state index contributed by atoms with van der Waals surface area (Å²) in [5, 5.41) is 10.7. The van der Waals surface area contributed by atoms with Gasteiger partial charge in [-0.2, -0.15) is 0 Å². The summed E-state index contributed by atoms with van der Waals surface area (Å²) in [7, 11) is 4.10. The number of piperidine rings is 1. The number of anilines is 1. The Bertz CT molecular complexity index is 553. The van der Waals surface area contributed by atoms with Crippen LogP contribution in [-0.4, -0.2) is 88.3 Å². The molecule has 7 heteroatoms. The zero-order valence-electron chi connectivity index (χ0n) is 17.0. The van der Waals surface area contributed by atoms with E-state index in [2.05, 4.69) is 54.9 Å². The maximum Gasteiger partial charge on any atom is 0.191 e. The highest BCUT2D eigenvalue weighted by molar-refractivity contribution is 7.14. The molecule has 0 unspecified atom stereocenters. The van der Waals surface area contributed by atoms with Crippen molar-refractivity contribution in [3.8, 4) is 0 Å². The minimum atomic E-state index is 0.522. The number of thiophene rings is 1. The summed E-state index contributed by atoms with van der Waals surface area (Å²) in [5.74, 6) is 0.958. The van der Waals surface area contributed by atoms with Gasteiger partial charge in [0.25, 0.3) is 0 Å². The van der Waals surface area contributed by atoms with Crippen LogP contribution >= 0.6 is 11.3 Å². The lowest BCUT2D eigenvalue weighted by molar-refractivity contribution is 0.273. The van der Waals surface area contributed by atoms with Crippen LogP contribution in [0.3, 0.4) is 0 Å². The maximum absolute atomic E-state index is 4.42. The predicted molar refractivity (Wildman–Crippen MR) is 117 cm³/mol. The summed E-state index contributed by atoms with van der Waals surface area (Å²) in [5.41, 5.74) is 0. The van der Waals surface area contributed by atoms with Gasteiger partial charge in [-0.25, -0.2) is 0 Å². The molecule has 27 heavy (non-hydrogen) atoms. The van der Waals surface area contributed by atoms with Crippen molar-refractivity contribution in [2.45, 2.75) is 31.7 Å². The first-order valence-electron chi connectivity index (χ1n) is 10.4. The van der Waals surface area contributed by atoms with Gasteiger partial charge in [-0.15, -0.1) is 11.3 Å². The number of hydrogen-bond acceptors (Lipinski definition) is 5. The van der Waals surface area contributed by atoms with E-state index in [1.807, 2.05) is 18.4 Å². The molecule has 0 atom stereocenters.